The van der Waals surface area contributed by atoms with E-state index in [0.717, 1.165) is 0 Å². The summed E-state index contributed by atoms with van der Waals surface area (Å²) in [5, 5.41) is 3.99. The van der Waals surface area contributed by atoms with E-state index in [1.165, 1.54) is 0 Å². The van der Waals surface area contributed by atoms with E-state index >= 15 is 0 Å². The number of nitrogens with zero attached hydrogens (tertiary/aromatic N) is 2. The first kappa shape index (κ1) is 6.28. The minimum atomic E-state index is -0.898. The zero-order chi connectivity index (χ0) is 6.81. The summed E-state index contributed by atoms with van der Waals surface area (Å²) in [5.41, 5.74) is 0. The van der Waals surface area contributed by atoms with Crippen molar-refractivity contribution in [2.24, 2.45) is 0 Å². The highest BCUT2D eigenvalue weighted by Gasteiger charge is 2.19. The van der Waals surface area contributed by atoms with E-state index in [2.05, 4.69) is 5.10 Å². The summed E-state index contributed by atoms with van der Waals surface area (Å²) in [4.78, 5) is 0. The lowest BCUT2D eigenvalue weighted by Crippen LogP contribution is -1.90. The molecular weight excluding hydrogens is 151 g/mol. The van der Waals surface area contributed by atoms with E-state index in [0.29, 0.717) is 13.2 Å². The lowest BCUT2D eigenvalue weighted by molar-refractivity contribution is 0.365. The number of aromatic nitrogens is 2. The van der Waals surface area contributed by atoms with Crippen LogP contribution < -0.4 is 0 Å². The molecule has 5 heteroatoms. The summed E-state index contributed by atoms with van der Waals surface area (Å²) < 4.78 is 12.2. The Bertz CT molecular complexity index is 195. The predicted octanol–water partition coefficient (Wildman–Crippen LogP) is 1.00. The van der Waals surface area contributed by atoms with Gasteiger partial charge in [-0.05, 0) is 6.07 Å². The molecule has 0 aromatic carbocycles. The molecule has 1 aliphatic heterocycles. The zero-order valence-electron chi connectivity index (χ0n) is 5.30. The fourth-order valence-corrected chi connectivity index (χ4v) is 1.85. The maximum absolute atomic E-state index is 5.24. The van der Waals surface area contributed by atoms with Crippen molar-refractivity contribution in [3.63, 3.8) is 0 Å². The van der Waals surface area contributed by atoms with Crippen LogP contribution in [-0.4, -0.2) is 22.8 Å². The van der Waals surface area contributed by atoms with Crippen LogP contribution in [0.15, 0.2) is 18.5 Å². The van der Waals surface area contributed by atoms with Crippen LogP contribution in [0.25, 0.3) is 0 Å². The molecule has 0 spiro atoms. The first-order chi connectivity index (χ1) is 4.97. The van der Waals surface area contributed by atoms with E-state index in [9.17, 15) is 0 Å². The summed E-state index contributed by atoms with van der Waals surface area (Å²) in [6.45, 7) is 1.37. The Labute approximate surface area is 59.7 Å². The molecule has 1 saturated heterocycles. The second-order valence-electron chi connectivity index (χ2n) is 1.83. The molecule has 0 aliphatic carbocycles. The van der Waals surface area contributed by atoms with Crippen LogP contribution in [0.1, 0.15) is 0 Å². The third-order valence-electron chi connectivity index (χ3n) is 1.14. The lowest BCUT2D eigenvalue weighted by Gasteiger charge is -2.04. The minimum absolute atomic E-state index is 0.686. The fraction of sp³-hybridized carbons (Fsp3) is 0.400. The van der Waals surface area contributed by atoms with E-state index in [1.54, 1.807) is 10.6 Å². The summed E-state index contributed by atoms with van der Waals surface area (Å²) in [6, 6.07) is 1.85. The van der Waals surface area contributed by atoms with Crippen LogP contribution in [0.2, 0.25) is 0 Å². The van der Waals surface area contributed by atoms with Gasteiger partial charge in [-0.25, -0.2) is 4.45 Å². The minimum Gasteiger partial charge on any atom is -0.314 e. The van der Waals surface area contributed by atoms with Gasteiger partial charge in [0.15, 0.2) is 0 Å². The zero-order valence-corrected chi connectivity index (χ0v) is 6.20. The molecule has 10 heavy (non-hydrogen) atoms. The van der Waals surface area contributed by atoms with Gasteiger partial charge in [-0.2, -0.15) is 5.10 Å². The second kappa shape index (κ2) is 2.66. The van der Waals surface area contributed by atoms with Gasteiger partial charge in [-0.3, -0.25) is 0 Å². The molecule has 0 atom stereocenters. The molecule has 0 saturated carbocycles. The Balaban J connectivity index is 2.12. The van der Waals surface area contributed by atoms with Crippen LogP contribution in [0.5, 0.6) is 0 Å². The van der Waals surface area contributed by atoms with Crippen molar-refractivity contribution in [2.45, 2.75) is 0 Å². The van der Waals surface area contributed by atoms with E-state index in [1.807, 2.05) is 12.3 Å². The molecule has 0 radical (unpaired) electrons. The molecule has 1 aromatic rings. The molecule has 1 fully saturated rings. The van der Waals surface area contributed by atoms with Gasteiger partial charge < -0.3 is 9.05 Å². The van der Waals surface area contributed by atoms with Crippen molar-refractivity contribution in [3.8, 4) is 0 Å². The first-order valence-corrected chi connectivity index (χ1v) is 4.16. The molecular formula is C5H7N2O2P. The smallest absolute Gasteiger partial charge is 0.311 e. The van der Waals surface area contributed by atoms with Gasteiger partial charge in [0.2, 0.25) is 0 Å². The molecule has 54 valence electrons. The van der Waals surface area contributed by atoms with Crippen molar-refractivity contribution < 1.29 is 9.05 Å². The highest BCUT2D eigenvalue weighted by atomic mass is 31.2. The standard InChI is InChI=1S/C5H7N2O2P/c1-2-6-7(3-1)10-8-4-5-9-10/h1-3H,4-5H2. The van der Waals surface area contributed by atoms with Gasteiger partial charge in [0.25, 0.3) is 0 Å². The third-order valence-corrected chi connectivity index (χ3v) is 2.52. The maximum atomic E-state index is 5.24. The van der Waals surface area contributed by atoms with Crippen LogP contribution in [0, 0.1) is 0 Å². The summed E-state index contributed by atoms with van der Waals surface area (Å²) in [6.07, 6.45) is 3.56. The quantitative estimate of drug-likeness (QED) is 0.572. The Morgan fingerprint density at radius 1 is 1.40 bits per heavy atom. The largest absolute Gasteiger partial charge is 0.314 e. The normalized spacial score (nSPS) is 20.0. The number of rotatable bonds is 1. The molecule has 0 unspecified atom stereocenters. The molecule has 0 N–H and O–H groups in total. The van der Waals surface area contributed by atoms with Crippen molar-refractivity contribution in [3.05, 3.63) is 18.5 Å². The van der Waals surface area contributed by atoms with Gasteiger partial charge in [0.1, 0.15) is 0 Å². The van der Waals surface area contributed by atoms with Crippen molar-refractivity contribution in [1.29, 1.82) is 0 Å². The van der Waals surface area contributed by atoms with E-state index in [4.69, 9.17) is 9.05 Å². The molecule has 2 rings (SSSR count). The monoisotopic (exact) mass is 158 g/mol. The maximum Gasteiger partial charge on any atom is 0.311 e. The highest BCUT2D eigenvalue weighted by Crippen LogP contribution is 2.42. The molecule has 4 nitrogen and oxygen atoms in total. The second-order valence-corrected chi connectivity index (χ2v) is 3.23. The van der Waals surface area contributed by atoms with Gasteiger partial charge >= 0.3 is 8.53 Å². The predicted molar refractivity (Wildman–Crippen MR) is 36.4 cm³/mol. The van der Waals surface area contributed by atoms with Crippen LogP contribution in [0.3, 0.4) is 0 Å². The van der Waals surface area contributed by atoms with Crippen molar-refractivity contribution >= 4 is 8.53 Å². The molecule has 0 amide bonds. The van der Waals surface area contributed by atoms with Crippen molar-refractivity contribution in [2.75, 3.05) is 13.2 Å². The Morgan fingerprint density at radius 2 is 2.20 bits per heavy atom. The Kier molecular flexibility index (Phi) is 1.67. The molecule has 1 aliphatic rings. The van der Waals surface area contributed by atoms with Crippen molar-refractivity contribution in [1.82, 2.24) is 9.55 Å². The van der Waals surface area contributed by atoms with Crippen LogP contribution in [0.4, 0.5) is 0 Å². The Morgan fingerprint density at radius 3 is 2.80 bits per heavy atom. The molecule has 2 heterocycles. The average molecular weight is 158 g/mol. The SMILES string of the molecule is c1cnn(P2OCCO2)c1. The third kappa shape index (κ3) is 1.06. The number of hydrogen-bond acceptors (Lipinski definition) is 3. The first-order valence-electron chi connectivity index (χ1n) is 3.03. The topological polar surface area (TPSA) is 36.3 Å². The number of hydrogen-bond donors (Lipinski definition) is 0. The lowest BCUT2D eigenvalue weighted by atomic mass is 10.8. The molecule has 1 aromatic heterocycles. The van der Waals surface area contributed by atoms with Gasteiger partial charge in [-0.15, -0.1) is 0 Å². The molecule has 0 bridgehead atoms. The van der Waals surface area contributed by atoms with E-state index in [-0.39, 0.29) is 0 Å². The fourth-order valence-electron chi connectivity index (χ4n) is 0.744. The van der Waals surface area contributed by atoms with Crippen LogP contribution >= 0.6 is 8.53 Å². The average Bonchev–Trinajstić information content (AvgIpc) is 2.59. The summed E-state index contributed by atoms with van der Waals surface area (Å²) >= 11 is 0. The summed E-state index contributed by atoms with van der Waals surface area (Å²) in [5.74, 6) is 0. The van der Waals surface area contributed by atoms with Crippen LogP contribution in [-0.2, 0) is 9.05 Å². The highest BCUT2D eigenvalue weighted by molar-refractivity contribution is 7.45. The van der Waals surface area contributed by atoms with Gasteiger partial charge in [0.05, 0.1) is 13.2 Å². The Hall–Kier alpha value is -0.440. The summed E-state index contributed by atoms with van der Waals surface area (Å²) in [7, 11) is -0.898. The van der Waals surface area contributed by atoms with Gasteiger partial charge in [-0.1, -0.05) is 0 Å². The van der Waals surface area contributed by atoms with Gasteiger partial charge in [0, 0.05) is 12.4 Å². The van der Waals surface area contributed by atoms with E-state index < -0.39 is 8.53 Å².